The SMILES string of the molecule is CCCCCC(C)(C1CCCC1)C1CCC(C)C1. The Morgan fingerprint density at radius 1 is 0.944 bits per heavy atom. The summed E-state index contributed by atoms with van der Waals surface area (Å²) in [4.78, 5) is 0. The zero-order valence-corrected chi connectivity index (χ0v) is 13.0. The first-order valence-corrected chi connectivity index (χ1v) is 8.66. The van der Waals surface area contributed by atoms with Gasteiger partial charge in [-0.3, -0.25) is 0 Å². The molecule has 0 nitrogen and oxygen atoms in total. The lowest BCUT2D eigenvalue weighted by Crippen LogP contribution is -2.33. The first-order chi connectivity index (χ1) is 8.66. The van der Waals surface area contributed by atoms with E-state index in [0.717, 1.165) is 17.8 Å². The van der Waals surface area contributed by atoms with Gasteiger partial charge >= 0.3 is 0 Å². The molecule has 3 atom stereocenters. The molecule has 0 aromatic rings. The maximum absolute atomic E-state index is 2.67. The third kappa shape index (κ3) is 3.11. The van der Waals surface area contributed by atoms with Gasteiger partial charge in [0.1, 0.15) is 0 Å². The molecule has 0 radical (unpaired) electrons. The molecule has 0 aliphatic heterocycles. The molecule has 0 spiro atoms. The van der Waals surface area contributed by atoms with Crippen molar-refractivity contribution in [2.24, 2.45) is 23.2 Å². The van der Waals surface area contributed by atoms with Gasteiger partial charge in [0.05, 0.1) is 0 Å². The van der Waals surface area contributed by atoms with Crippen LogP contribution in [0, 0.1) is 23.2 Å². The summed E-state index contributed by atoms with van der Waals surface area (Å²) in [6.07, 6.45) is 16.5. The summed E-state index contributed by atoms with van der Waals surface area (Å²) in [6.45, 7) is 7.48. The van der Waals surface area contributed by atoms with E-state index in [1.807, 2.05) is 0 Å². The Hall–Kier alpha value is 0. The maximum Gasteiger partial charge on any atom is -0.0269 e. The standard InChI is InChI=1S/C18H34/c1-4-5-8-13-18(3,16-9-6-7-10-16)17-12-11-15(2)14-17/h15-17H,4-14H2,1-3H3. The molecule has 106 valence electrons. The first kappa shape index (κ1) is 14.4. The van der Waals surface area contributed by atoms with E-state index in [-0.39, 0.29) is 0 Å². The van der Waals surface area contributed by atoms with Gasteiger partial charge in [-0.25, -0.2) is 0 Å². The van der Waals surface area contributed by atoms with Crippen LogP contribution in [-0.2, 0) is 0 Å². The van der Waals surface area contributed by atoms with Crippen LogP contribution in [0.2, 0.25) is 0 Å². The molecule has 0 aromatic carbocycles. The van der Waals surface area contributed by atoms with Gasteiger partial charge in [0.15, 0.2) is 0 Å². The van der Waals surface area contributed by atoms with E-state index in [1.165, 1.54) is 70.6 Å². The van der Waals surface area contributed by atoms with Gasteiger partial charge in [0.2, 0.25) is 0 Å². The summed E-state index contributed by atoms with van der Waals surface area (Å²) in [7, 11) is 0. The van der Waals surface area contributed by atoms with Crippen LogP contribution < -0.4 is 0 Å². The predicted molar refractivity (Wildman–Crippen MR) is 80.7 cm³/mol. The Morgan fingerprint density at radius 3 is 2.22 bits per heavy atom. The molecule has 2 aliphatic carbocycles. The zero-order valence-electron chi connectivity index (χ0n) is 13.0. The second-order valence-corrected chi connectivity index (χ2v) is 7.56. The molecule has 0 heteroatoms. The van der Waals surface area contributed by atoms with E-state index in [4.69, 9.17) is 0 Å². The highest BCUT2D eigenvalue weighted by molar-refractivity contribution is 4.93. The summed E-state index contributed by atoms with van der Waals surface area (Å²) in [5.41, 5.74) is 0.691. The highest BCUT2D eigenvalue weighted by Gasteiger charge is 2.43. The van der Waals surface area contributed by atoms with Gasteiger partial charge in [-0.2, -0.15) is 0 Å². The number of unbranched alkanes of at least 4 members (excludes halogenated alkanes) is 2. The van der Waals surface area contributed by atoms with Crippen molar-refractivity contribution in [3.05, 3.63) is 0 Å². The van der Waals surface area contributed by atoms with Crippen LogP contribution in [0.5, 0.6) is 0 Å². The lowest BCUT2D eigenvalue weighted by molar-refractivity contribution is 0.0790. The lowest BCUT2D eigenvalue weighted by Gasteiger charge is -2.42. The van der Waals surface area contributed by atoms with Gasteiger partial charge < -0.3 is 0 Å². The van der Waals surface area contributed by atoms with Crippen LogP contribution in [0.3, 0.4) is 0 Å². The van der Waals surface area contributed by atoms with E-state index in [9.17, 15) is 0 Å². The maximum atomic E-state index is 2.67. The van der Waals surface area contributed by atoms with E-state index in [0.29, 0.717) is 5.41 Å². The fraction of sp³-hybridized carbons (Fsp3) is 1.00. The van der Waals surface area contributed by atoms with Gasteiger partial charge in [-0.15, -0.1) is 0 Å². The Kier molecular flexibility index (Phi) is 5.15. The fourth-order valence-corrected chi connectivity index (χ4v) is 4.89. The third-order valence-electron chi connectivity index (χ3n) is 6.23. The number of hydrogen-bond acceptors (Lipinski definition) is 0. The number of rotatable bonds is 6. The number of hydrogen-bond donors (Lipinski definition) is 0. The molecule has 0 heterocycles. The van der Waals surface area contributed by atoms with Crippen molar-refractivity contribution in [2.45, 2.75) is 91.4 Å². The van der Waals surface area contributed by atoms with Gasteiger partial charge in [0, 0.05) is 0 Å². The molecular formula is C18H34. The molecule has 0 N–H and O–H groups in total. The van der Waals surface area contributed by atoms with Crippen LogP contribution in [0.1, 0.15) is 91.4 Å². The van der Waals surface area contributed by atoms with Crippen LogP contribution in [0.25, 0.3) is 0 Å². The minimum Gasteiger partial charge on any atom is -0.0654 e. The zero-order chi connectivity index (χ0) is 13.0. The van der Waals surface area contributed by atoms with Gasteiger partial charge in [-0.1, -0.05) is 59.3 Å². The van der Waals surface area contributed by atoms with Gasteiger partial charge in [0.25, 0.3) is 0 Å². The molecule has 0 aromatic heterocycles. The molecule has 2 aliphatic rings. The lowest BCUT2D eigenvalue weighted by atomic mass is 9.63. The molecule has 18 heavy (non-hydrogen) atoms. The van der Waals surface area contributed by atoms with Crippen molar-refractivity contribution >= 4 is 0 Å². The molecule has 0 amide bonds. The minimum absolute atomic E-state index is 0.691. The molecule has 3 unspecified atom stereocenters. The monoisotopic (exact) mass is 250 g/mol. The van der Waals surface area contributed by atoms with Crippen LogP contribution in [0.4, 0.5) is 0 Å². The van der Waals surface area contributed by atoms with Crippen LogP contribution >= 0.6 is 0 Å². The molecule has 2 rings (SSSR count). The Balaban J connectivity index is 2.00. The molecule has 2 saturated carbocycles. The Bertz CT molecular complexity index is 238. The van der Waals surface area contributed by atoms with Crippen molar-refractivity contribution in [3.63, 3.8) is 0 Å². The Morgan fingerprint density at radius 2 is 1.67 bits per heavy atom. The predicted octanol–water partition coefficient (Wildman–Crippen LogP) is 6.20. The smallest absolute Gasteiger partial charge is 0.0269 e. The topological polar surface area (TPSA) is 0 Å². The van der Waals surface area contributed by atoms with Crippen LogP contribution in [0.15, 0.2) is 0 Å². The summed E-state index contributed by atoms with van der Waals surface area (Å²) in [5, 5.41) is 0. The van der Waals surface area contributed by atoms with E-state index in [1.54, 1.807) is 0 Å². The van der Waals surface area contributed by atoms with Crippen molar-refractivity contribution < 1.29 is 0 Å². The summed E-state index contributed by atoms with van der Waals surface area (Å²) >= 11 is 0. The van der Waals surface area contributed by atoms with Crippen molar-refractivity contribution in [3.8, 4) is 0 Å². The quantitative estimate of drug-likeness (QED) is 0.492. The normalized spacial score (nSPS) is 32.8. The van der Waals surface area contributed by atoms with E-state index >= 15 is 0 Å². The summed E-state index contributed by atoms with van der Waals surface area (Å²) in [5.74, 6) is 3.11. The van der Waals surface area contributed by atoms with E-state index in [2.05, 4.69) is 20.8 Å². The highest BCUT2D eigenvalue weighted by atomic mass is 14.5. The van der Waals surface area contributed by atoms with Crippen molar-refractivity contribution in [1.82, 2.24) is 0 Å². The van der Waals surface area contributed by atoms with Gasteiger partial charge in [-0.05, 0) is 55.3 Å². The highest BCUT2D eigenvalue weighted by Crippen LogP contribution is 2.53. The average molecular weight is 250 g/mol. The second-order valence-electron chi connectivity index (χ2n) is 7.56. The van der Waals surface area contributed by atoms with Crippen molar-refractivity contribution in [2.75, 3.05) is 0 Å². The third-order valence-corrected chi connectivity index (χ3v) is 6.23. The molecular weight excluding hydrogens is 216 g/mol. The second kappa shape index (κ2) is 6.44. The minimum atomic E-state index is 0.691. The largest absolute Gasteiger partial charge is 0.0654 e. The molecule has 0 saturated heterocycles. The fourth-order valence-electron chi connectivity index (χ4n) is 4.89. The molecule has 0 bridgehead atoms. The first-order valence-electron chi connectivity index (χ1n) is 8.66. The average Bonchev–Trinajstić information content (AvgIpc) is 3.00. The summed E-state index contributed by atoms with van der Waals surface area (Å²) < 4.78 is 0. The van der Waals surface area contributed by atoms with Crippen LogP contribution in [-0.4, -0.2) is 0 Å². The Labute approximate surface area is 115 Å². The van der Waals surface area contributed by atoms with Crippen molar-refractivity contribution in [1.29, 1.82) is 0 Å². The van der Waals surface area contributed by atoms with E-state index < -0.39 is 0 Å². The molecule has 2 fully saturated rings. The summed E-state index contributed by atoms with van der Waals surface area (Å²) in [6, 6.07) is 0.